The molecule has 1 fully saturated rings. The summed E-state index contributed by atoms with van der Waals surface area (Å²) in [5.41, 5.74) is 0.223. The van der Waals surface area contributed by atoms with Gasteiger partial charge in [-0.2, -0.15) is 13.2 Å². The molecule has 0 bridgehead atoms. The van der Waals surface area contributed by atoms with Gasteiger partial charge in [0, 0.05) is 24.7 Å². The lowest BCUT2D eigenvalue weighted by Crippen LogP contribution is -2.36. The largest absolute Gasteiger partial charge is 0.416 e. The van der Waals surface area contributed by atoms with Crippen molar-refractivity contribution in [2.45, 2.75) is 6.18 Å². The average molecular weight is 681 g/mol. The van der Waals surface area contributed by atoms with E-state index in [9.17, 15) is 18.0 Å². The molecule has 0 aromatic heterocycles. The number of nitrogens with zero attached hydrogens (tertiary/aromatic N) is 1. The van der Waals surface area contributed by atoms with Crippen molar-refractivity contribution < 1.29 is 22.7 Å². The molecular formula is C18H14BrF3I2N2O2. The van der Waals surface area contributed by atoms with E-state index in [1.807, 2.05) is 11.0 Å². The summed E-state index contributed by atoms with van der Waals surface area (Å²) in [6, 6.07) is 6.99. The van der Waals surface area contributed by atoms with Crippen molar-refractivity contribution >= 4 is 78.4 Å². The van der Waals surface area contributed by atoms with Crippen molar-refractivity contribution in [2.24, 2.45) is 0 Å². The normalized spacial score (nSPS) is 14.9. The van der Waals surface area contributed by atoms with Gasteiger partial charge in [0.15, 0.2) is 0 Å². The van der Waals surface area contributed by atoms with Crippen molar-refractivity contribution in [3.63, 3.8) is 0 Å². The molecule has 4 nitrogen and oxygen atoms in total. The molecular weight excluding hydrogens is 667 g/mol. The second-order valence-corrected chi connectivity index (χ2v) is 9.23. The number of rotatable bonds is 3. The zero-order chi connectivity index (χ0) is 20.5. The fourth-order valence-corrected chi connectivity index (χ4v) is 5.06. The van der Waals surface area contributed by atoms with Crippen LogP contribution < -0.4 is 10.2 Å². The Morgan fingerprint density at radius 2 is 1.82 bits per heavy atom. The lowest BCUT2D eigenvalue weighted by Gasteiger charge is -2.31. The standard InChI is InChI=1S/C18H14BrF3I2N2O2/c19-16-12(8-11(23)9-13(16)24)17(27)25-14-7-10(18(20,21)22)1-2-15(14)26-3-5-28-6-4-26/h1-2,7-9H,3-6H2,(H,25,27). The number of ether oxygens (including phenoxy) is 1. The van der Waals surface area contributed by atoms with Gasteiger partial charge in [-0.25, -0.2) is 0 Å². The Balaban J connectivity index is 1.99. The monoisotopic (exact) mass is 680 g/mol. The highest BCUT2D eigenvalue weighted by molar-refractivity contribution is 14.1. The number of benzene rings is 2. The summed E-state index contributed by atoms with van der Waals surface area (Å²) < 4.78 is 47.3. The lowest BCUT2D eigenvalue weighted by molar-refractivity contribution is -0.137. The predicted octanol–water partition coefficient (Wildman–Crippen LogP) is 5.77. The molecule has 0 aliphatic carbocycles. The maximum atomic E-state index is 13.2. The molecule has 2 aromatic carbocycles. The highest BCUT2D eigenvalue weighted by Gasteiger charge is 2.32. The first kappa shape index (κ1) is 22.1. The maximum absolute atomic E-state index is 13.2. The lowest BCUT2D eigenvalue weighted by atomic mass is 10.1. The number of nitrogens with one attached hydrogen (secondary N) is 1. The van der Waals surface area contributed by atoms with Crippen LogP contribution in [0.4, 0.5) is 24.5 Å². The van der Waals surface area contributed by atoms with Gasteiger partial charge in [0.2, 0.25) is 0 Å². The molecule has 2 aromatic rings. The zero-order valence-corrected chi connectivity index (χ0v) is 20.1. The SMILES string of the molecule is O=C(Nc1cc(C(F)(F)F)ccc1N1CCOCC1)c1cc(I)cc(I)c1Br. The molecule has 1 aliphatic heterocycles. The number of hydrogen-bond acceptors (Lipinski definition) is 3. The van der Waals surface area contributed by atoms with Gasteiger partial charge < -0.3 is 15.0 Å². The number of amides is 1. The summed E-state index contributed by atoms with van der Waals surface area (Å²) >= 11 is 7.58. The summed E-state index contributed by atoms with van der Waals surface area (Å²) in [4.78, 5) is 14.8. The number of carbonyl (C=O) groups is 1. The molecule has 1 aliphatic rings. The molecule has 0 radical (unpaired) electrons. The quantitative estimate of drug-likeness (QED) is 0.331. The summed E-state index contributed by atoms with van der Waals surface area (Å²) in [5, 5.41) is 2.67. The van der Waals surface area contributed by atoms with Crippen molar-refractivity contribution in [1.82, 2.24) is 0 Å². The summed E-state index contributed by atoms with van der Waals surface area (Å²) in [6.45, 7) is 2.04. The molecule has 1 heterocycles. The van der Waals surface area contributed by atoms with Gasteiger partial charge in [-0.05, 0) is 91.4 Å². The molecule has 0 saturated carbocycles. The third kappa shape index (κ3) is 5.11. The van der Waals surface area contributed by atoms with Gasteiger partial charge >= 0.3 is 6.18 Å². The van der Waals surface area contributed by atoms with E-state index >= 15 is 0 Å². The first-order chi connectivity index (χ1) is 13.2. The Morgan fingerprint density at radius 3 is 2.46 bits per heavy atom. The minimum absolute atomic E-state index is 0.127. The molecule has 3 rings (SSSR count). The number of alkyl halides is 3. The molecule has 150 valence electrons. The van der Waals surface area contributed by atoms with E-state index in [2.05, 4.69) is 66.4 Å². The fraction of sp³-hybridized carbons (Fsp3) is 0.278. The van der Waals surface area contributed by atoms with E-state index in [0.717, 1.165) is 19.3 Å². The Hall–Kier alpha value is -0.600. The fourth-order valence-electron chi connectivity index (χ4n) is 2.80. The highest BCUT2D eigenvalue weighted by atomic mass is 127. The Kier molecular flexibility index (Phi) is 7.14. The van der Waals surface area contributed by atoms with Gasteiger partial charge in [-0.1, -0.05) is 0 Å². The van der Waals surface area contributed by atoms with E-state index in [1.54, 1.807) is 6.07 Å². The van der Waals surface area contributed by atoms with Gasteiger partial charge in [-0.15, -0.1) is 0 Å². The van der Waals surface area contributed by atoms with E-state index < -0.39 is 17.6 Å². The summed E-state index contributed by atoms with van der Waals surface area (Å²) in [6.07, 6.45) is -4.50. The van der Waals surface area contributed by atoms with Gasteiger partial charge in [-0.3, -0.25) is 4.79 Å². The third-order valence-corrected chi connectivity index (χ3v) is 7.23. The predicted molar refractivity (Wildman–Crippen MR) is 122 cm³/mol. The van der Waals surface area contributed by atoms with Crippen LogP contribution in [0.1, 0.15) is 15.9 Å². The number of morpholine rings is 1. The second kappa shape index (κ2) is 9.04. The summed E-state index contributed by atoms with van der Waals surface area (Å²) in [5.74, 6) is -0.475. The Bertz CT molecular complexity index is 903. The molecule has 28 heavy (non-hydrogen) atoms. The van der Waals surface area contributed by atoms with Crippen LogP contribution in [-0.2, 0) is 10.9 Å². The number of hydrogen-bond donors (Lipinski definition) is 1. The third-order valence-electron chi connectivity index (χ3n) is 4.16. The van der Waals surface area contributed by atoms with E-state index in [0.29, 0.717) is 42.0 Å². The molecule has 0 atom stereocenters. The minimum atomic E-state index is -4.50. The van der Waals surface area contributed by atoms with E-state index in [-0.39, 0.29) is 5.69 Å². The molecule has 10 heteroatoms. The smallest absolute Gasteiger partial charge is 0.378 e. The van der Waals surface area contributed by atoms with Crippen LogP contribution in [0.5, 0.6) is 0 Å². The Morgan fingerprint density at radius 1 is 1.14 bits per heavy atom. The van der Waals surface area contributed by atoms with Gasteiger partial charge in [0.25, 0.3) is 5.91 Å². The minimum Gasteiger partial charge on any atom is -0.378 e. The van der Waals surface area contributed by atoms with Crippen molar-refractivity contribution in [3.8, 4) is 0 Å². The second-order valence-electron chi connectivity index (χ2n) is 6.03. The Labute approximate surface area is 195 Å². The van der Waals surface area contributed by atoms with Gasteiger partial charge in [0.05, 0.1) is 35.7 Å². The average Bonchev–Trinajstić information content (AvgIpc) is 2.64. The molecule has 1 amide bonds. The van der Waals surface area contributed by atoms with Crippen LogP contribution in [0.3, 0.4) is 0 Å². The topological polar surface area (TPSA) is 41.6 Å². The molecule has 0 spiro atoms. The van der Waals surface area contributed by atoms with Crippen LogP contribution in [-0.4, -0.2) is 32.2 Å². The van der Waals surface area contributed by atoms with Crippen molar-refractivity contribution in [3.05, 3.63) is 53.1 Å². The van der Waals surface area contributed by atoms with Gasteiger partial charge in [0.1, 0.15) is 0 Å². The number of carbonyl (C=O) groups excluding carboxylic acids is 1. The van der Waals surface area contributed by atoms with Crippen LogP contribution in [0, 0.1) is 7.14 Å². The highest BCUT2D eigenvalue weighted by Crippen LogP contribution is 2.36. The summed E-state index contributed by atoms with van der Waals surface area (Å²) in [7, 11) is 0. The van der Waals surface area contributed by atoms with E-state index in [1.165, 1.54) is 6.07 Å². The van der Waals surface area contributed by atoms with Crippen LogP contribution in [0.2, 0.25) is 0 Å². The molecule has 1 saturated heterocycles. The van der Waals surface area contributed by atoms with Crippen LogP contribution in [0.25, 0.3) is 0 Å². The molecule has 1 N–H and O–H groups in total. The number of anilines is 2. The van der Waals surface area contributed by atoms with Crippen LogP contribution in [0.15, 0.2) is 34.8 Å². The van der Waals surface area contributed by atoms with Crippen LogP contribution >= 0.6 is 61.1 Å². The zero-order valence-electron chi connectivity index (χ0n) is 14.2. The van der Waals surface area contributed by atoms with Crippen molar-refractivity contribution in [2.75, 3.05) is 36.5 Å². The first-order valence-electron chi connectivity index (χ1n) is 8.16. The maximum Gasteiger partial charge on any atom is 0.416 e. The number of halogens is 6. The van der Waals surface area contributed by atoms with E-state index in [4.69, 9.17) is 4.74 Å². The van der Waals surface area contributed by atoms with Crippen molar-refractivity contribution in [1.29, 1.82) is 0 Å². The first-order valence-corrected chi connectivity index (χ1v) is 11.1. The molecule has 0 unspecified atom stereocenters.